The molecule has 2 atom stereocenters. The largest absolute Gasteiger partial charge is 0.299 e. The van der Waals surface area contributed by atoms with Crippen molar-refractivity contribution in [2.75, 3.05) is 19.6 Å². The van der Waals surface area contributed by atoms with Crippen LogP contribution in [0.4, 0.5) is 0 Å². The summed E-state index contributed by atoms with van der Waals surface area (Å²) in [5, 5.41) is 0. The van der Waals surface area contributed by atoms with Crippen molar-refractivity contribution < 1.29 is 0 Å². The van der Waals surface area contributed by atoms with Crippen molar-refractivity contribution in [2.45, 2.75) is 64.1 Å². The summed E-state index contributed by atoms with van der Waals surface area (Å²) in [7, 11) is 0. The molecule has 2 saturated heterocycles. The number of hydrogen-bond donors (Lipinski definition) is 0. The molecule has 0 N–H and O–H groups in total. The molecule has 2 heteroatoms. The lowest BCUT2D eigenvalue weighted by Gasteiger charge is -2.37. The van der Waals surface area contributed by atoms with Gasteiger partial charge in [-0.05, 0) is 55.8 Å². The van der Waals surface area contributed by atoms with Gasteiger partial charge in [0.05, 0.1) is 0 Å². The van der Waals surface area contributed by atoms with Crippen LogP contribution in [0.2, 0.25) is 0 Å². The second-order valence-electron chi connectivity index (χ2n) is 8.85. The third-order valence-corrected chi connectivity index (χ3v) is 6.73. The van der Waals surface area contributed by atoms with Crippen LogP contribution in [0.3, 0.4) is 0 Å². The van der Waals surface area contributed by atoms with E-state index in [4.69, 9.17) is 0 Å². The van der Waals surface area contributed by atoms with Crippen LogP contribution in [0.25, 0.3) is 0 Å². The molecule has 2 aliphatic rings. The Morgan fingerprint density at radius 2 is 1.29 bits per heavy atom. The minimum Gasteiger partial charge on any atom is -0.299 e. The molecule has 2 heterocycles. The Morgan fingerprint density at radius 3 is 2.04 bits per heavy atom. The molecular formula is C26H36N2. The van der Waals surface area contributed by atoms with Crippen LogP contribution in [0.15, 0.2) is 60.7 Å². The van der Waals surface area contributed by atoms with Crippen molar-refractivity contribution in [3.63, 3.8) is 0 Å². The lowest BCUT2D eigenvalue weighted by molar-refractivity contribution is 0.105. The van der Waals surface area contributed by atoms with Crippen molar-refractivity contribution >= 4 is 0 Å². The molecule has 0 aromatic heterocycles. The number of nitrogens with zero attached hydrogens (tertiary/aromatic N) is 2. The Morgan fingerprint density at radius 1 is 0.643 bits per heavy atom. The Hall–Kier alpha value is -1.64. The average molecular weight is 377 g/mol. The monoisotopic (exact) mass is 376 g/mol. The molecule has 0 aliphatic carbocycles. The van der Waals surface area contributed by atoms with Crippen LogP contribution in [0.1, 0.15) is 56.1 Å². The van der Waals surface area contributed by atoms with Crippen molar-refractivity contribution in [3.8, 4) is 0 Å². The fourth-order valence-electron chi connectivity index (χ4n) is 5.30. The fourth-order valence-corrected chi connectivity index (χ4v) is 5.30. The molecule has 150 valence electrons. The van der Waals surface area contributed by atoms with E-state index < -0.39 is 0 Å². The molecule has 4 rings (SSSR count). The van der Waals surface area contributed by atoms with E-state index in [2.05, 4.69) is 70.5 Å². The lowest BCUT2D eigenvalue weighted by Crippen LogP contribution is -2.43. The van der Waals surface area contributed by atoms with Gasteiger partial charge < -0.3 is 0 Å². The van der Waals surface area contributed by atoms with E-state index in [0.717, 1.165) is 25.0 Å². The second-order valence-corrected chi connectivity index (χ2v) is 8.85. The van der Waals surface area contributed by atoms with E-state index in [9.17, 15) is 0 Å². The van der Waals surface area contributed by atoms with Gasteiger partial charge in [-0.25, -0.2) is 0 Å². The summed E-state index contributed by atoms with van der Waals surface area (Å²) >= 11 is 0. The van der Waals surface area contributed by atoms with Gasteiger partial charge in [0.1, 0.15) is 0 Å². The Kier molecular flexibility index (Phi) is 7.18. The summed E-state index contributed by atoms with van der Waals surface area (Å²) in [5.74, 6) is 0.813. The van der Waals surface area contributed by atoms with Gasteiger partial charge in [-0.15, -0.1) is 0 Å². The van der Waals surface area contributed by atoms with Gasteiger partial charge in [0.25, 0.3) is 0 Å². The summed E-state index contributed by atoms with van der Waals surface area (Å²) in [5.41, 5.74) is 2.94. The molecule has 2 aromatic rings. The minimum absolute atomic E-state index is 0.749. The van der Waals surface area contributed by atoms with Crippen molar-refractivity contribution in [1.29, 1.82) is 0 Å². The van der Waals surface area contributed by atoms with E-state index in [1.807, 2.05) is 0 Å². The van der Waals surface area contributed by atoms with Crippen LogP contribution in [0.5, 0.6) is 0 Å². The second kappa shape index (κ2) is 10.2. The lowest BCUT2D eigenvalue weighted by atomic mass is 9.90. The van der Waals surface area contributed by atoms with Gasteiger partial charge >= 0.3 is 0 Å². The molecule has 28 heavy (non-hydrogen) atoms. The summed E-state index contributed by atoms with van der Waals surface area (Å²) in [6, 6.07) is 22.9. The molecule has 0 saturated carbocycles. The molecule has 0 spiro atoms. The molecule has 2 aromatic carbocycles. The van der Waals surface area contributed by atoms with E-state index in [-0.39, 0.29) is 0 Å². The Labute approximate surface area is 171 Å². The number of likely N-dealkylation sites (tertiary alicyclic amines) is 2. The third kappa shape index (κ3) is 5.46. The normalized spacial score (nSPS) is 25.1. The highest BCUT2D eigenvalue weighted by Gasteiger charge is 2.31. The maximum atomic E-state index is 2.83. The van der Waals surface area contributed by atoms with E-state index >= 15 is 0 Å². The molecule has 2 nitrogen and oxygen atoms in total. The topological polar surface area (TPSA) is 6.48 Å². The smallest absolute Gasteiger partial charge is 0.0236 e. The Bertz CT molecular complexity index is 684. The third-order valence-electron chi connectivity index (χ3n) is 6.73. The molecule has 2 fully saturated rings. The number of benzene rings is 2. The van der Waals surface area contributed by atoms with Crippen LogP contribution < -0.4 is 0 Å². The molecule has 2 aliphatic heterocycles. The highest BCUT2D eigenvalue weighted by atomic mass is 15.2. The van der Waals surface area contributed by atoms with Gasteiger partial charge in [0.15, 0.2) is 0 Å². The first-order valence-corrected chi connectivity index (χ1v) is 11.4. The molecule has 0 amide bonds. The first kappa shape index (κ1) is 19.7. The fraction of sp³-hybridized carbons (Fsp3) is 0.538. The van der Waals surface area contributed by atoms with Gasteiger partial charge in [-0.2, -0.15) is 0 Å². The minimum atomic E-state index is 0.749. The first-order chi connectivity index (χ1) is 13.9. The first-order valence-electron chi connectivity index (χ1n) is 11.4. The van der Waals surface area contributed by atoms with Crippen molar-refractivity contribution in [2.24, 2.45) is 5.92 Å². The highest BCUT2D eigenvalue weighted by molar-refractivity contribution is 5.15. The predicted octanol–water partition coefficient (Wildman–Crippen LogP) is 5.73. The maximum Gasteiger partial charge on any atom is 0.0236 e. The van der Waals surface area contributed by atoms with Crippen LogP contribution in [0, 0.1) is 5.92 Å². The average Bonchev–Trinajstić information content (AvgIpc) is 3.10. The SMILES string of the molecule is c1ccc(CN2CCCCC(C3CCCCCN3Cc3ccccc3)C2)cc1. The van der Waals surface area contributed by atoms with Gasteiger partial charge in [0, 0.05) is 25.7 Å². The van der Waals surface area contributed by atoms with Gasteiger partial charge in [-0.1, -0.05) is 79.9 Å². The summed E-state index contributed by atoms with van der Waals surface area (Å²) in [4.78, 5) is 5.57. The molecule has 0 bridgehead atoms. The number of hydrogen-bond acceptors (Lipinski definition) is 2. The van der Waals surface area contributed by atoms with Gasteiger partial charge in [0.2, 0.25) is 0 Å². The van der Waals surface area contributed by atoms with E-state index in [1.165, 1.54) is 75.7 Å². The zero-order chi connectivity index (χ0) is 19.0. The van der Waals surface area contributed by atoms with Crippen molar-refractivity contribution in [1.82, 2.24) is 9.80 Å². The maximum absolute atomic E-state index is 2.83. The van der Waals surface area contributed by atoms with E-state index in [1.54, 1.807) is 0 Å². The summed E-state index contributed by atoms with van der Waals surface area (Å²) < 4.78 is 0. The highest BCUT2D eigenvalue weighted by Crippen LogP contribution is 2.30. The molecular weight excluding hydrogens is 340 g/mol. The van der Waals surface area contributed by atoms with Gasteiger partial charge in [-0.3, -0.25) is 9.80 Å². The van der Waals surface area contributed by atoms with Crippen LogP contribution >= 0.6 is 0 Å². The van der Waals surface area contributed by atoms with Crippen molar-refractivity contribution in [3.05, 3.63) is 71.8 Å². The zero-order valence-corrected chi connectivity index (χ0v) is 17.3. The summed E-state index contributed by atoms with van der Waals surface area (Å²) in [6.07, 6.45) is 9.72. The molecule has 0 radical (unpaired) electrons. The zero-order valence-electron chi connectivity index (χ0n) is 17.3. The predicted molar refractivity (Wildman–Crippen MR) is 118 cm³/mol. The van der Waals surface area contributed by atoms with Crippen LogP contribution in [-0.2, 0) is 13.1 Å². The Balaban J connectivity index is 1.46. The quantitative estimate of drug-likeness (QED) is 0.657. The van der Waals surface area contributed by atoms with E-state index in [0.29, 0.717) is 0 Å². The van der Waals surface area contributed by atoms with Crippen LogP contribution in [-0.4, -0.2) is 35.5 Å². The number of rotatable bonds is 5. The molecule has 2 unspecified atom stereocenters. The standard InChI is InChI=1S/C26H36N2/c1-4-12-23(13-5-1)20-27-18-11-9-16-25(22-27)26-17-8-3-10-19-28(26)21-24-14-6-2-7-15-24/h1-2,4-7,12-15,25-26H,3,8-11,16-22H2. The summed E-state index contributed by atoms with van der Waals surface area (Å²) in [6.45, 7) is 6.04.